The van der Waals surface area contributed by atoms with Gasteiger partial charge in [-0.25, -0.2) is 8.42 Å². The van der Waals surface area contributed by atoms with Crippen molar-refractivity contribution >= 4 is 27.1 Å². The van der Waals surface area contributed by atoms with E-state index in [1.54, 1.807) is 19.9 Å². The van der Waals surface area contributed by atoms with Gasteiger partial charge < -0.3 is 5.32 Å². The Bertz CT molecular complexity index is 614. The SMILES string of the molecule is CC(C)(CNCc1ccc(Cl)c([N+](=O)[O-])c1)S(C)(=O)=O. The van der Waals surface area contributed by atoms with Gasteiger partial charge in [-0.1, -0.05) is 17.7 Å². The molecule has 0 fully saturated rings. The van der Waals surface area contributed by atoms with Crippen LogP contribution >= 0.6 is 11.6 Å². The average Bonchev–Trinajstić information content (AvgIpc) is 2.29. The van der Waals surface area contributed by atoms with Crippen LogP contribution in [0.4, 0.5) is 5.69 Å². The first-order chi connectivity index (χ1) is 9.04. The number of hydrogen-bond acceptors (Lipinski definition) is 5. The Hall–Kier alpha value is -1.18. The van der Waals surface area contributed by atoms with Gasteiger partial charge in [-0.2, -0.15) is 0 Å². The van der Waals surface area contributed by atoms with Crippen molar-refractivity contribution in [3.63, 3.8) is 0 Å². The van der Waals surface area contributed by atoms with Crippen molar-refractivity contribution in [3.8, 4) is 0 Å². The maximum Gasteiger partial charge on any atom is 0.288 e. The summed E-state index contributed by atoms with van der Waals surface area (Å²) in [7, 11) is -3.18. The summed E-state index contributed by atoms with van der Waals surface area (Å²) in [6.07, 6.45) is 1.18. The summed E-state index contributed by atoms with van der Waals surface area (Å²) in [5.74, 6) is 0. The van der Waals surface area contributed by atoms with E-state index in [0.29, 0.717) is 12.1 Å². The van der Waals surface area contributed by atoms with Crippen LogP contribution in [0.2, 0.25) is 5.02 Å². The zero-order valence-corrected chi connectivity index (χ0v) is 13.1. The fraction of sp³-hybridized carbons (Fsp3) is 0.500. The Kier molecular flexibility index (Phi) is 5.12. The molecule has 0 bridgehead atoms. The topological polar surface area (TPSA) is 89.3 Å². The Balaban J connectivity index is 2.73. The molecule has 0 aliphatic heterocycles. The minimum Gasteiger partial charge on any atom is -0.311 e. The lowest BCUT2D eigenvalue weighted by Gasteiger charge is -2.22. The van der Waals surface area contributed by atoms with Crippen LogP contribution in [0, 0.1) is 10.1 Å². The first kappa shape index (κ1) is 16.9. The Morgan fingerprint density at radius 3 is 2.50 bits per heavy atom. The van der Waals surface area contributed by atoms with Crippen LogP contribution in [0.15, 0.2) is 18.2 Å². The predicted molar refractivity (Wildman–Crippen MR) is 78.7 cm³/mol. The number of sulfone groups is 1. The van der Waals surface area contributed by atoms with Crippen molar-refractivity contribution in [2.45, 2.75) is 25.1 Å². The predicted octanol–water partition coefficient (Wildman–Crippen LogP) is 2.16. The van der Waals surface area contributed by atoms with Crippen molar-refractivity contribution in [1.29, 1.82) is 0 Å². The zero-order valence-electron chi connectivity index (χ0n) is 11.5. The monoisotopic (exact) mass is 320 g/mol. The van der Waals surface area contributed by atoms with Crippen LogP contribution in [0.1, 0.15) is 19.4 Å². The number of nitrogens with one attached hydrogen (secondary N) is 1. The van der Waals surface area contributed by atoms with Gasteiger partial charge in [0.25, 0.3) is 5.69 Å². The fourth-order valence-electron chi connectivity index (χ4n) is 1.45. The third-order valence-corrected chi connectivity index (χ3v) is 5.56. The van der Waals surface area contributed by atoms with Crippen LogP contribution < -0.4 is 5.32 Å². The molecule has 1 aromatic carbocycles. The number of benzene rings is 1. The summed E-state index contributed by atoms with van der Waals surface area (Å²) in [5, 5.41) is 13.8. The molecule has 6 nitrogen and oxygen atoms in total. The van der Waals surface area contributed by atoms with E-state index in [2.05, 4.69) is 5.32 Å². The highest BCUT2D eigenvalue weighted by molar-refractivity contribution is 7.92. The number of nitro benzene ring substituents is 1. The van der Waals surface area contributed by atoms with Crippen molar-refractivity contribution in [3.05, 3.63) is 38.9 Å². The van der Waals surface area contributed by atoms with E-state index in [9.17, 15) is 18.5 Å². The average molecular weight is 321 g/mol. The van der Waals surface area contributed by atoms with E-state index in [-0.39, 0.29) is 17.3 Å². The van der Waals surface area contributed by atoms with Crippen LogP contribution in [-0.2, 0) is 16.4 Å². The van der Waals surface area contributed by atoms with Crippen molar-refractivity contribution in [2.24, 2.45) is 0 Å². The lowest BCUT2D eigenvalue weighted by atomic mass is 10.1. The molecule has 0 saturated carbocycles. The molecule has 8 heteroatoms. The lowest BCUT2D eigenvalue weighted by molar-refractivity contribution is -0.384. The smallest absolute Gasteiger partial charge is 0.288 e. The highest BCUT2D eigenvalue weighted by atomic mass is 35.5. The van der Waals surface area contributed by atoms with Crippen molar-refractivity contribution in [1.82, 2.24) is 5.32 Å². The first-order valence-electron chi connectivity index (χ1n) is 5.88. The van der Waals surface area contributed by atoms with Gasteiger partial charge in [0.05, 0.1) is 9.67 Å². The molecule has 0 heterocycles. The fourth-order valence-corrected chi connectivity index (χ4v) is 2.00. The maximum atomic E-state index is 11.5. The van der Waals surface area contributed by atoms with Crippen LogP contribution in [0.25, 0.3) is 0 Å². The highest BCUT2D eigenvalue weighted by Gasteiger charge is 2.29. The van der Waals surface area contributed by atoms with Gasteiger partial charge in [0.15, 0.2) is 9.84 Å². The van der Waals surface area contributed by atoms with E-state index < -0.39 is 19.5 Å². The van der Waals surface area contributed by atoms with Gasteiger partial charge >= 0.3 is 0 Å². The minimum absolute atomic E-state index is 0.0789. The van der Waals surface area contributed by atoms with Crippen LogP contribution in [0.3, 0.4) is 0 Å². The number of nitrogens with zero attached hydrogens (tertiary/aromatic N) is 1. The van der Waals surface area contributed by atoms with Crippen LogP contribution in [0.5, 0.6) is 0 Å². The van der Waals surface area contributed by atoms with E-state index >= 15 is 0 Å². The van der Waals surface area contributed by atoms with Crippen molar-refractivity contribution in [2.75, 3.05) is 12.8 Å². The first-order valence-corrected chi connectivity index (χ1v) is 8.15. The number of rotatable bonds is 6. The third-order valence-electron chi connectivity index (χ3n) is 3.09. The quantitative estimate of drug-likeness (QED) is 0.641. The summed E-state index contributed by atoms with van der Waals surface area (Å²) in [6, 6.07) is 4.50. The molecule has 0 spiro atoms. The summed E-state index contributed by atoms with van der Waals surface area (Å²) in [6.45, 7) is 3.83. The molecule has 0 aliphatic rings. The molecule has 0 saturated heterocycles. The largest absolute Gasteiger partial charge is 0.311 e. The maximum absolute atomic E-state index is 11.5. The molecule has 0 unspecified atom stereocenters. The molecule has 0 radical (unpaired) electrons. The molecular formula is C12H17ClN2O4S. The summed E-state index contributed by atoms with van der Waals surface area (Å²) < 4.78 is 22.2. The molecule has 1 N–H and O–H groups in total. The van der Waals surface area contributed by atoms with Gasteiger partial charge in [0, 0.05) is 25.4 Å². The van der Waals surface area contributed by atoms with E-state index in [1.165, 1.54) is 18.4 Å². The Labute approximate surface area is 123 Å². The van der Waals surface area contributed by atoms with Gasteiger partial charge in [0.2, 0.25) is 0 Å². The summed E-state index contributed by atoms with van der Waals surface area (Å²) >= 11 is 5.72. The molecular weight excluding hydrogens is 304 g/mol. The van der Waals surface area contributed by atoms with E-state index in [1.807, 2.05) is 0 Å². The molecule has 1 aromatic rings. The summed E-state index contributed by atoms with van der Waals surface area (Å²) in [5.41, 5.74) is 0.513. The standard InChI is InChI=1S/C12H17ClN2O4S/c1-12(2,20(3,18)19)8-14-7-9-4-5-10(13)11(6-9)15(16)17/h4-6,14H,7-8H2,1-3H3. The minimum atomic E-state index is -3.18. The molecule has 0 atom stereocenters. The second kappa shape index (κ2) is 6.07. The van der Waals surface area contributed by atoms with E-state index in [4.69, 9.17) is 11.6 Å². The molecule has 0 amide bonds. The van der Waals surface area contributed by atoms with Gasteiger partial charge in [-0.05, 0) is 25.5 Å². The number of hydrogen-bond donors (Lipinski definition) is 1. The molecule has 0 aromatic heterocycles. The van der Waals surface area contributed by atoms with Crippen LogP contribution in [-0.4, -0.2) is 30.9 Å². The lowest BCUT2D eigenvalue weighted by Crippen LogP contribution is -2.41. The number of halogens is 1. The second-order valence-electron chi connectivity index (χ2n) is 5.18. The van der Waals surface area contributed by atoms with Gasteiger partial charge in [-0.3, -0.25) is 10.1 Å². The zero-order chi connectivity index (χ0) is 15.6. The molecule has 0 aliphatic carbocycles. The highest BCUT2D eigenvalue weighted by Crippen LogP contribution is 2.25. The number of nitro groups is 1. The Morgan fingerprint density at radius 2 is 2.00 bits per heavy atom. The van der Waals surface area contributed by atoms with Crippen molar-refractivity contribution < 1.29 is 13.3 Å². The summed E-state index contributed by atoms with van der Waals surface area (Å²) in [4.78, 5) is 10.2. The third kappa shape index (κ3) is 4.16. The van der Waals surface area contributed by atoms with E-state index in [0.717, 1.165) is 0 Å². The normalized spacial score (nSPS) is 12.4. The second-order valence-corrected chi connectivity index (χ2v) is 8.23. The molecule has 20 heavy (non-hydrogen) atoms. The van der Waals surface area contributed by atoms with Gasteiger partial charge in [0.1, 0.15) is 5.02 Å². The molecule has 1 rings (SSSR count). The van der Waals surface area contributed by atoms with Gasteiger partial charge in [-0.15, -0.1) is 0 Å². The Morgan fingerprint density at radius 1 is 1.40 bits per heavy atom. The molecule has 112 valence electrons.